The molecular weight excluding hydrogens is 776 g/mol. The van der Waals surface area contributed by atoms with E-state index in [4.69, 9.17) is 0 Å². The summed E-state index contributed by atoms with van der Waals surface area (Å²) in [5.41, 5.74) is 8.87. The van der Waals surface area contributed by atoms with Crippen molar-refractivity contribution in [2.75, 3.05) is 0 Å². The van der Waals surface area contributed by atoms with Crippen LogP contribution in [-0.4, -0.2) is 10.0 Å². The molecule has 8 rings (SSSR count). The molecule has 0 heterocycles. The van der Waals surface area contributed by atoms with Gasteiger partial charge in [0.05, 0.1) is 0 Å². The normalized spacial score (nSPS) is 12.4. The van der Waals surface area contributed by atoms with Gasteiger partial charge in [-0.25, -0.2) is 10.0 Å². The lowest BCUT2D eigenvalue weighted by Gasteiger charge is -2.65. The van der Waals surface area contributed by atoms with E-state index >= 15 is 0 Å². The van der Waals surface area contributed by atoms with Gasteiger partial charge < -0.3 is 0 Å². The summed E-state index contributed by atoms with van der Waals surface area (Å²) < 4.78 is 0. The van der Waals surface area contributed by atoms with Gasteiger partial charge in [-0.05, 0) is 44.5 Å². The molecule has 58 heavy (non-hydrogen) atoms. The van der Waals surface area contributed by atoms with Crippen LogP contribution in [0.3, 0.4) is 0 Å². The van der Waals surface area contributed by atoms with Gasteiger partial charge in [0.25, 0.3) is 0 Å². The van der Waals surface area contributed by atoms with Crippen LogP contribution in [0.15, 0.2) is 243 Å². The fraction of sp³-hybridized carbons (Fsp3) is 0.0769. The molecule has 0 fully saturated rings. The lowest BCUT2D eigenvalue weighted by molar-refractivity contribution is -0.165. The van der Waals surface area contributed by atoms with Gasteiger partial charge in [0.15, 0.2) is 0 Å². The van der Waals surface area contributed by atoms with Crippen LogP contribution in [0.2, 0.25) is 0 Å². The van der Waals surface area contributed by atoms with Gasteiger partial charge in [-0.1, -0.05) is 243 Å². The Hall–Kier alpha value is -4.60. The van der Waals surface area contributed by atoms with Crippen LogP contribution in [0, 0.1) is 0 Å². The highest BCUT2D eigenvalue weighted by molar-refractivity contribution is 7.21. The van der Waals surface area contributed by atoms with E-state index in [2.05, 4.69) is 290 Å². The minimum absolute atomic E-state index is 0.924. The summed E-state index contributed by atoms with van der Waals surface area (Å²) in [4.78, 5) is 0. The summed E-state index contributed by atoms with van der Waals surface area (Å²) in [5.74, 6) is 0. The second kappa shape index (κ2) is 17.3. The van der Waals surface area contributed by atoms with E-state index in [1.54, 1.807) is 0 Å². The Kier molecular flexibility index (Phi) is 12.0. The first-order valence-corrected chi connectivity index (χ1v) is 21.8. The zero-order valence-electron chi connectivity index (χ0n) is 32.3. The van der Waals surface area contributed by atoms with Crippen LogP contribution in [-0.2, 0) is 21.1 Å². The van der Waals surface area contributed by atoms with Crippen LogP contribution in [0.25, 0.3) is 0 Å². The van der Waals surface area contributed by atoms with Crippen molar-refractivity contribution in [1.82, 2.24) is 10.0 Å². The fourth-order valence-electron chi connectivity index (χ4n) is 8.37. The maximum Gasteiger partial charge on any atom is 0.101 e. The zero-order chi connectivity index (χ0) is 40.1. The van der Waals surface area contributed by atoms with Crippen molar-refractivity contribution >= 4 is 37.0 Å². The van der Waals surface area contributed by atoms with E-state index in [0.717, 1.165) is 44.5 Å². The molecule has 0 saturated heterocycles. The Bertz CT molecular complexity index is 1980. The molecule has 286 valence electrons. The number of nitrogens with zero attached hydrogens (tertiary/aromatic N) is 2. The minimum atomic E-state index is -0.924. The maximum absolute atomic E-state index is 3.43. The smallest absolute Gasteiger partial charge is 0.101 e. The predicted octanol–water partition coefficient (Wildman–Crippen LogP) is 12.6. The largest absolute Gasteiger partial charge is 0.201 e. The molecule has 0 N–H and O–H groups in total. The highest BCUT2D eigenvalue weighted by Crippen LogP contribution is 2.63. The number of benzene rings is 8. The molecule has 0 spiro atoms. The number of hydrogen-bond donors (Lipinski definition) is 0. The average molecular weight is 825 g/mol. The highest BCUT2D eigenvalue weighted by atomic mass is 31.0. The molecule has 2 nitrogen and oxygen atoms in total. The summed E-state index contributed by atoms with van der Waals surface area (Å²) in [6.07, 6.45) is 0. The zero-order valence-corrected chi connectivity index (χ0v) is 36.9. The molecule has 8 aromatic carbocycles. The minimum Gasteiger partial charge on any atom is -0.201 e. The molecule has 0 amide bonds. The van der Waals surface area contributed by atoms with Crippen molar-refractivity contribution in [1.29, 1.82) is 0 Å². The summed E-state index contributed by atoms with van der Waals surface area (Å²) in [5, 5.41) is 1.62. The Morgan fingerprint density at radius 3 is 0.397 bits per heavy atom. The van der Waals surface area contributed by atoms with Crippen molar-refractivity contribution in [2.24, 2.45) is 0 Å². The molecule has 0 aliphatic heterocycles. The molecule has 6 heteroatoms. The number of hydrazine groups is 1. The highest BCUT2D eigenvalue weighted by Gasteiger charge is 2.60. The summed E-state index contributed by atoms with van der Waals surface area (Å²) in [6.45, 7) is 0. The third kappa shape index (κ3) is 7.12. The standard InChI is InChI=1S/C52H48N2P4/c55-49(41-25-9-1-10-26-41,42-27-11-2-12-28-42)53(50(56,43-29-13-3-14-30-43)44-31-15-4-16-32-44)54(51(57,45-33-17-5-18-34-45)46-35-19-6-20-36-46)52(58,47-37-21-7-22-38-47)48-39-23-8-24-40-48/h1-40H,55-58H2. The molecule has 0 aromatic heterocycles. The lowest BCUT2D eigenvalue weighted by Crippen LogP contribution is -2.69. The number of rotatable bonds is 13. The van der Waals surface area contributed by atoms with Crippen molar-refractivity contribution in [2.45, 2.75) is 21.1 Å². The Balaban J connectivity index is 1.67. The van der Waals surface area contributed by atoms with Crippen LogP contribution in [0.5, 0.6) is 0 Å². The van der Waals surface area contributed by atoms with Crippen molar-refractivity contribution < 1.29 is 0 Å². The van der Waals surface area contributed by atoms with Crippen LogP contribution in [0.1, 0.15) is 44.5 Å². The Morgan fingerprint density at radius 1 is 0.190 bits per heavy atom. The van der Waals surface area contributed by atoms with E-state index in [1.165, 1.54) is 0 Å². The maximum atomic E-state index is 3.43. The first-order valence-electron chi connectivity index (χ1n) is 19.5. The lowest BCUT2D eigenvalue weighted by atomic mass is 9.87. The SMILES string of the molecule is PC(c1ccccc1)(c1ccccc1)N(N(C(P)(c1ccccc1)c1ccccc1)C(P)(c1ccccc1)c1ccccc1)C(P)(c1ccccc1)c1ccccc1. The van der Waals surface area contributed by atoms with E-state index < -0.39 is 21.1 Å². The monoisotopic (exact) mass is 824 g/mol. The third-order valence-electron chi connectivity index (χ3n) is 11.2. The summed E-state index contributed by atoms with van der Waals surface area (Å²) >= 11 is 0. The van der Waals surface area contributed by atoms with Crippen LogP contribution in [0.4, 0.5) is 0 Å². The van der Waals surface area contributed by atoms with Gasteiger partial charge in [0.1, 0.15) is 21.1 Å². The quantitative estimate of drug-likeness (QED) is 0.0844. The molecule has 4 unspecified atom stereocenters. The van der Waals surface area contributed by atoms with E-state index in [1.807, 2.05) is 0 Å². The van der Waals surface area contributed by atoms with E-state index in [0.29, 0.717) is 0 Å². The summed E-state index contributed by atoms with van der Waals surface area (Å²) in [7, 11) is 13.7. The third-order valence-corrected chi connectivity index (χ3v) is 14.9. The number of hydrogen-bond acceptors (Lipinski definition) is 2. The Morgan fingerprint density at radius 2 is 0.293 bits per heavy atom. The van der Waals surface area contributed by atoms with Crippen molar-refractivity contribution in [3.05, 3.63) is 287 Å². The molecule has 0 bridgehead atoms. The van der Waals surface area contributed by atoms with Gasteiger partial charge in [-0.2, -0.15) is 0 Å². The van der Waals surface area contributed by atoms with E-state index in [9.17, 15) is 0 Å². The molecule has 0 saturated carbocycles. The molecular formula is C52H48N2P4. The Labute approximate surface area is 353 Å². The predicted molar refractivity (Wildman–Crippen MR) is 257 cm³/mol. The van der Waals surface area contributed by atoms with Crippen LogP contribution < -0.4 is 0 Å². The van der Waals surface area contributed by atoms with Gasteiger partial charge in [0, 0.05) is 0 Å². The van der Waals surface area contributed by atoms with Crippen molar-refractivity contribution in [3.8, 4) is 0 Å². The van der Waals surface area contributed by atoms with E-state index in [-0.39, 0.29) is 0 Å². The fourth-order valence-corrected chi connectivity index (χ4v) is 11.5. The second-order valence-corrected chi connectivity index (χ2v) is 18.0. The molecule has 0 radical (unpaired) electrons. The first-order chi connectivity index (χ1) is 28.3. The molecule has 0 aliphatic carbocycles. The van der Waals surface area contributed by atoms with Gasteiger partial charge in [-0.15, -0.1) is 37.0 Å². The molecule has 0 aliphatic rings. The van der Waals surface area contributed by atoms with Crippen molar-refractivity contribution in [3.63, 3.8) is 0 Å². The van der Waals surface area contributed by atoms with Crippen LogP contribution >= 0.6 is 37.0 Å². The average Bonchev–Trinajstić information content (AvgIpc) is 3.32. The van der Waals surface area contributed by atoms with Gasteiger partial charge in [0.2, 0.25) is 0 Å². The summed E-state index contributed by atoms with van der Waals surface area (Å²) in [6, 6.07) is 87.4. The topological polar surface area (TPSA) is 6.48 Å². The van der Waals surface area contributed by atoms with Gasteiger partial charge >= 0.3 is 0 Å². The molecule has 4 atom stereocenters. The molecule has 8 aromatic rings. The first kappa shape index (κ1) is 40.2. The second-order valence-electron chi connectivity index (χ2n) is 14.6. The van der Waals surface area contributed by atoms with Gasteiger partial charge in [-0.3, -0.25) is 0 Å².